The number of fused-ring (bicyclic) bond motifs is 2. The summed E-state index contributed by atoms with van der Waals surface area (Å²) in [5.41, 5.74) is -0.115. The highest BCUT2D eigenvalue weighted by atomic mass is 32.3. The van der Waals surface area contributed by atoms with Gasteiger partial charge in [0, 0.05) is 0 Å². The summed E-state index contributed by atoms with van der Waals surface area (Å²) in [4.78, 5) is 27.4. The minimum Gasteiger partial charge on any atom is -0.247 e. The maximum atomic E-state index is 13.7. The monoisotopic (exact) mass is 634 g/mol. The first-order valence-corrected chi connectivity index (χ1v) is 17.3. The van der Waals surface area contributed by atoms with Gasteiger partial charge in [0.1, 0.15) is 20.0 Å². The Balaban J connectivity index is 1.30. The molecule has 0 unspecified atom stereocenters. The summed E-state index contributed by atoms with van der Waals surface area (Å²) >= 11 is 12.8. The first kappa shape index (κ1) is 23.1. The van der Waals surface area contributed by atoms with E-state index in [9.17, 15) is 9.59 Å². The average Bonchev–Trinajstić information content (AvgIpc) is 3.68. The molecule has 0 aliphatic carbocycles. The predicted molar refractivity (Wildman–Crippen MR) is 158 cm³/mol. The Morgan fingerprint density at radius 2 is 0.730 bits per heavy atom. The fraction of sp³-hybridized carbons (Fsp3) is 0. The number of nitrogens with zero attached hydrogens (tertiary/aromatic N) is 5. The summed E-state index contributed by atoms with van der Waals surface area (Å²) in [7, 11) is 0. The van der Waals surface area contributed by atoms with Gasteiger partial charge in [0.15, 0.2) is 67.9 Å². The molecule has 15 heteroatoms. The van der Waals surface area contributed by atoms with Gasteiger partial charge in [-0.25, -0.2) is 27.9 Å². The van der Waals surface area contributed by atoms with Crippen molar-refractivity contribution >= 4 is 93.1 Å². The number of hydrogen-bond acceptors (Lipinski definition) is 10. The lowest BCUT2D eigenvalue weighted by molar-refractivity contribution is -0.268. The third-order valence-electron chi connectivity index (χ3n) is 5.64. The van der Waals surface area contributed by atoms with Crippen molar-refractivity contribution in [3.63, 3.8) is 0 Å². The van der Waals surface area contributed by atoms with Crippen LogP contribution in [0.4, 0.5) is 0 Å². The molecule has 2 aliphatic rings. The molecular weight excluding hydrogens is 623 g/mol. The van der Waals surface area contributed by atoms with Crippen LogP contribution in [-0.4, -0.2) is 20.4 Å². The van der Waals surface area contributed by atoms with Crippen molar-refractivity contribution in [3.8, 4) is 20.0 Å². The quantitative estimate of drug-likeness (QED) is 0.149. The van der Waals surface area contributed by atoms with Crippen molar-refractivity contribution in [2.24, 2.45) is 0 Å². The van der Waals surface area contributed by atoms with Crippen LogP contribution in [0, 0.1) is 0 Å². The number of quaternary nitrogens is 1. The van der Waals surface area contributed by atoms with E-state index >= 15 is 0 Å². The fourth-order valence-corrected chi connectivity index (χ4v) is 13.7. The van der Waals surface area contributed by atoms with E-state index in [1.54, 1.807) is 93.1 Å². The van der Waals surface area contributed by atoms with Gasteiger partial charge in [0.25, 0.3) is 0 Å². The topological polar surface area (TPSA) is 53.9 Å². The van der Waals surface area contributed by atoms with E-state index in [4.69, 9.17) is 0 Å². The SMILES string of the molecule is O=c1n(-c2cccs2)c2c(n1-c1cccs1)S[N+]1(S2)Sc2c(n(-c3cccs3)c(=O)n2-c2cccs2)S1. The van der Waals surface area contributed by atoms with Gasteiger partial charge in [-0.05, 0) is 70.1 Å². The maximum absolute atomic E-state index is 13.7. The van der Waals surface area contributed by atoms with E-state index in [-0.39, 0.29) is 11.4 Å². The zero-order chi connectivity index (χ0) is 24.7. The van der Waals surface area contributed by atoms with Crippen LogP contribution in [-0.2, 0) is 0 Å². The zero-order valence-electron chi connectivity index (χ0n) is 18.2. The van der Waals surface area contributed by atoms with Gasteiger partial charge in [-0.1, -0.05) is 2.10 Å². The molecule has 184 valence electrons. The summed E-state index contributed by atoms with van der Waals surface area (Å²) in [6, 6.07) is 15.8. The molecule has 0 saturated heterocycles. The number of aromatic nitrogens is 4. The molecule has 6 aromatic heterocycles. The molecule has 0 atom stereocenters. The lowest BCUT2D eigenvalue weighted by atomic mass is 10.6. The number of rotatable bonds is 4. The van der Waals surface area contributed by atoms with Crippen LogP contribution >= 0.6 is 93.1 Å². The lowest BCUT2D eigenvalue weighted by Gasteiger charge is -2.17. The summed E-state index contributed by atoms with van der Waals surface area (Å²) in [5, 5.41) is 15.2. The molecule has 0 aromatic carbocycles. The highest BCUT2D eigenvalue weighted by Crippen LogP contribution is 2.71. The van der Waals surface area contributed by atoms with Crippen LogP contribution in [0.2, 0.25) is 0 Å². The standard InChI is InChI=1S/C22H12N5O2S8/c28-21-23(13-5-1-9-30-13)17-18(24(21)14-6-2-10-31-14)35-27(34-17)36-19-20(37-27)26(16-8-4-12-33-16)22(29)25(19)15-7-3-11-32-15/h1-12H/q+1. The second kappa shape index (κ2) is 8.59. The van der Waals surface area contributed by atoms with Crippen LogP contribution in [0.25, 0.3) is 20.0 Å². The number of imidazole rings is 2. The molecular formula is C22H12N5O2S8+. The van der Waals surface area contributed by atoms with Gasteiger partial charge in [-0.15, -0.1) is 45.3 Å². The van der Waals surface area contributed by atoms with Crippen molar-refractivity contribution in [3.05, 3.63) is 91.0 Å². The van der Waals surface area contributed by atoms with Crippen molar-refractivity contribution in [1.29, 1.82) is 0 Å². The van der Waals surface area contributed by atoms with E-state index in [0.29, 0.717) is 2.10 Å². The van der Waals surface area contributed by atoms with Gasteiger partial charge in [0.2, 0.25) is 0 Å². The summed E-state index contributed by atoms with van der Waals surface area (Å²) < 4.78 is 7.76. The summed E-state index contributed by atoms with van der Waals surface area (Å²) in [6.07, 6.45) is 0. The van der Waals surface area contributed by atoms with E-state index in [2.05, 4.69) is 0 Å². The second-order valence-corrected chi connectivity index (χ2v) is 17.3. The Morgan fingerprint density at radius 1 is 0.459 bits per heavy atom. The zero-order valence-corrected chi connectivity index (χ0v) is 24.8. The molecule has 2 aliphatic heterocycles. The lowest BCUT2D eigenvalue weighted by Crippen LogP contribution is -2.25. The first-order chi connectivity index (χ1) is 18.1. The van der Waals surface area contributed by atoms with E-state index in [1.807, 2.05) is 88.3 Å². The van der Waals surface area contributed by atoms with Crippen molar-refractivity contribution < 1.29 is 2.10 Å². The molecule has 7 nitrogen and oxygen atoms in total. The van der Waals surface area contributed by atoms with Gasteiger partial charge in [-0.2, -0.15) is 0 Å². The largest absolute Gasteiger partial charge is 0.340 e. The van der Waals surface area contributed by atoms with Gasteiger partial charge < -0.3 is 0 Å². The minimum absolute atomic E-state index is 0.0574. The molecule has 0 radical (unpaired) electrons. The minimum atomic E-state index is -0.0574. The third kappa shape index (κ3) is 3.39. The molecule has 1 spiro atoms. The van der Waals surface area contributed by atoms with Crippen molar-refractivity contribution in [1.82, 2.24) is 18.3 Å². The van der Waals surface area contributed by atoms with Crippen molar-refractivity contribution in [2.75, 3.05) is 0 Å². The van der Waals surface area contributed by atoms with E-state index in [0.717, 1.165) is 40.1 Å². The second-order valence-electron chi connectivity index (χ2n) is 7.74. The average molecular weight is 635 g/mol. The molecule has 37 heavy (non-hydrogen) atoms. The fourth-order valence-electron chi connectivity index (χ4n) is 4.15. The first-order valence-electron chi connectivity index (χ1n) is 10.7. The molecule has 0 N–H and O–H groups in total. The molecule has 6 aromatic rings. The molecule has 0 amide bonds. The smallest absolute Gasteiger partial charge is 0.247 e. The van der Waals surface area contributed by atoms with Crippen molar-refractivity contribution in [2.45, 2.75) is 20.1 Å². The molecule has 0 saturated carbocycles. The number of hydrogen-bond donors (Lipinski definition) is 0. The van der Waals surface area contributed by atoms with Crippen LogP contribution in [0.1, 0.15) is 0 Å². The Labute approximate surface area is 242 Å². The molecule has 8 rings (SSSR count). The Bertz CT molecular complexity index is 1600. The Hall–Kier alpha value is -1.82. The molecule has 0 fully saturated rings. The third-order valence-corrected chi connectivity index (χ3v) is 15.1. The Morgan fingerprint density at radius 3 is 0.946 bits per heavy atom. The van der Waals surface area contributed by atoms with E-state index in [1.165, 1.54) is 0 Å². The predicted octanol–water partition coefficient (Wildman–Crippen LogP) is 7.39. The number of thiophene rings is 4. The summed E-state index contributed by atoms with van der Waals surface area (Å²) in [5.74, 6) is 0. The van der Waals surface area contributed by atoms with Crippen LogP contribution in [0.15, 0.2) is 99.7 Å². The molecule has 0 bridgehead atoms. The highest BCUT2D eigenvalue weighted by Gasteiger charge is 2.58. The maximum Gasteiger partial charge on any atom is 0.340 e. The van der Waals surface area contributed by atoms with E-state index < -0.39 is 0 Å². The van der Waals surface area contributed by atoms with Gasteiger partial charge in [0.05, 0.1) is 0 Å². The van der Waals surface area contributed by atoms with Gasteiger partial charge >= 0.3 is 11.4 Å². The normalized spacial score (nSPS) is 15.6. The van der Waals surface area contributed by atoms with Gasteiger partial charge in [-0.3, -0.25) is 0 Å². The Kier molecular flexibility index (Phi) is 5.36. The van der Waals surface area contributed by atoms with Crippen LogP contribution < -0.4 is 11.4 Å². The summed E-state index contributed by atoms with van der Waals surface area (Å²) in [6.45, 7) is 0. The molecule has 8 heterocycles. The van der Waals surface area contributed by atoms with Crippen LogP contribution in [0.5, 0.6) is 0 Å². The van der Waals surface area contributed by atoms with Crippen LogP contribution in [0.3, 0.4) is 0 Å². The highest BCUT2D eigenvalue weighted by molar-refractivity contribution is 8.31.